The van der Waals surface area contributed by atoms with Gasteiger partial charge in [-0.05, 0) is 36.8 Å². The molecule has 2 aromatic heterocycles. The van der Waals surface area contributed by atoms with E-state index in [9.17, 15) is 22.8 Å². The number of pyridine rings is 1. The first-order chi connectivity index (χ1) is 15.5. The minimum Gasteiger partial charge on any atom is -0.354 e. The van der Waals surface area contributed by atoms with Gasteiger partial charge in [-0.3, -0.25) is 14.5 Å². The zero-order valence-corrected chi connectivity index (χ0v) is 18.7. The van der Waals surface area contributed by atoms with Crippen molar-refractivity contribution in [1.29, 1.82) is 0 Å². The number of halogens is 4. The molecule has 3 heterocycles. The largest absolute Gasteiger partial charge is 0.401 e. The highest BCUT2D eigenvalue weighted by molar-refractivity contribution is 6.29. The minimum absolute atomic E-state index is 0.0203. The number of carbonyl (C=O) groups is 2. The maximum atomic E-state index is 13.2. The number of piperazine rings is 1. The third kappa shape index (κ3) is 6.05. The first kappa shape index (κ1) is 24.6. The Morgan fingerprint density at radius 1 is 1.21 bits per heavy atom. The van der Waals surface area contributed by atoms with Crippen LogP contribution in [0.5, 0.6) is 0 Å². The van der Waals surface area contributed by atoms with Crippen LogP contribution in [-0.2, 0) is 4.79 Å². The number of alkyl halides is 3. The number of rotatable bonds is 5. The second-order valence-electron chi connectivity index (χ2n) is 7.46. The summed E-state index contributed by atoms with van der Waals surface area (Å²) < 4.78 is 39.7. The highest BCUT2D eigenvalue weighted by atomic mass is 35.5. The van der Waals surface area contributed by atoms with Crippen molar-refractivity contribution in [1.82, 2.24) is 30.1 Å². The Balaban J connectivity index is 2.05. The van der Waals surface area contributed by atoms with Gasteiger partial charge in [-0.25, -0.2) is 15.0 Å². The average molecular weight is 483 g/mol. The van der Waals surface area contributed by atoms with E-state index in [1.165, 1.54) is 29.0 Å². The summed E-state index contributed by atoms with van der Waals surface area (Å²) in [6, 6.07) is 3.67. The van der Waals surface area contributed by atoms with Crippen molar-refractivity contribution in [2.24, 2.45) is 0 Å². The van der Waals surface area contributed by atoms with Crippen LogP contribution in [0.3, 0.4) is 0 Å². The number of nitrogens with one attached hydrogen (secondary N) is 1. The molecule has 2 amide bonds. The van der Waals surface area contributed by atoms with Crippen LogP contribution in [0.15, 0.2) is 30.9 Å². The fourth-order valence-electron chi connectivity index (χ4n) is 3.67. The lowest BCUT2D eigenvalue weighted by Gasteiger charge is -2.41. The lowest BCUT2D eigenvalue weighted by molar-refractivity contribution is -0.158. The fraction of sp³-hybridized carbons (Fsp3) is 0.381. The molecule has 33 heavy (non-hydrogen) atoms. The first-order valence-corrected chi connectivity index (χ1v) is 10.4. The molecule has 1 N–H and O–H groups in total. The lowest BCUT2D eigenvalue weighted by Crippen LogP contribution is -2.52. The van der Waals surface area contributed by atoms with E-state index >= 15 is 0 Å². The standard InChI is InChI=1S/C21H22ClF3N6O2/c1-4-19(32)30-5-6-31(11-21(23,24)25)17(10-30)13-7-14(29-18(22)8-13)15-9-16(20(33)26-3)28-12(2)27-15/h4,7-9,17H,1,5-6,10-11H2,2-3H3,(H,26,33)/t17-/m1/s1. The predicted octanol–water partition coefficient (Wildman–Crippen LogP) is 2.79. The second-order valence-corrected chi connectivity index (χ2v) is 7.85. The van der Waals surface area contributed by atoms with Crippen molar-refractivity contribution < 1.29 is 22.8 Å². The molecule has 1 fully saturated rings. The molecule has 2 aromatic rings. The molecule has 0 saturated carbocycles. The summed E-state index contributed by atoms with van der Waals surface area (Å²) in [7, 11) is 1.46. The number of aryl methyl sites for hydroxylation is 1. The number of hydrogen-bond donors (Lipinski definition) is 1. The molecular weight excluding hydrogens is 461 g/mol. The van der Waals surface area contributed by atoms with Gasteiger partial charge in [-0.15, -0.1) is 0 Å². The van der Waals surface area contributed by atoms with Crippen LogP contribution in [0.2, 0.25) is 5.15 Å². The van der Waals surface area contributed by atoms with Crippen LogP contribution in [0.4, 0.5) is 13.2 Å². The first-order valence-electron chi connectivity index (χ1n) is 9.98. The molecule has 0 aromatic carbocycles. The van der Waals surface area contributed by atoms with Crippen LogP contribution < -0.4 is 5.32 Å². The van der Waals surface area contributed by atoms with Crippen molar-refractivity contribution >= 4 is 23.4 Å². The summed E-state index contributed by atoms with van der Waals surface area (Å²) >= 11 is 6.22. The van der Waals surface area contributed by atoms with Gasteiger partial charge in [0.25, 0.3) is 5.91 Å². The van der Waals surface area contributed by atoms with E-state index < -0.39 is 24.7 Å². The summed E-state index contributed by atoms with van der Waals surface area (Å²) in [6.07, 6.45) is -3.29. The predicted molar refractivity (Wildman–Crippen MR) is 116 cm³/mol. The van der Waals surface area contributed by atoms with Gasteiger partial charge in [0.15, 0.2) is 0 Å². The molecule has 1 aliphatic rings. The Morgan fingerprint density at radius 2 is 1.91 bits per heavy atom. The summed E-state index contributed by atoms with van der Waals surface area (Å²) in [6.45, 7) is 4.10. The van der Waals surface area contributed by atoms with Crippen molar-refractivity contribution in [3.05, 3.63) is 53.1 Å². The summed E-state index contributed by atoms with van der Waals surface area (Å²) in [5.41, 5.74) is 1.12. The Kier molecular flexibility index (Phi) is 7.33. The van der Waals surface area contributed by atoms with Gasteiger partial charge in [0.2, 0.25) is 5.91 Å². The van der Waals surface area contributed by atoms with Gasteiger partial charge in [-0.1, -0.05) is 18.2 Å². The van der Waals surface area contributed by atoms with Crippen LogP contribution in [0.1, 0.15) is 27.9 Å². The van der Waals surface area contributed by atoms with Crippen molar-refractivity contribution in [2.45, 2.75) is 19.1 Å². The fourth-order valence-corrected chi connectivity index (χ4v) is 3.89. The lowest BCUT2D eigenvalue weighted by atomic mass is 10.0. The van der Waals surface area contributed by atoms with Gasteiger partial charge >= 0.3 is 6.18 Å². The molecular formula is C21H22ClF3N6O2. The quantitative estimate of drug-likeness (QED) is 0.520. The zero-order chi connectivity index (χ0) is 24.3. The Bertz CT molecular complexity index is 1080. The molecule has 176 valence electrons. The van der Waals surface area contributed by atoms with Crippen LogP contribution in [-0.4, -0.2) is 76.0 Å². The van der Waals surface area contributed by atoms with Crippen molar-refractivity contribution in [3.8, 4) is 11.4 Å². The third-order valence-corrected chi connectivity index (χ3v) is 5.31. The van der Waals surface area contributed by atoms with E-state index in [0.29, 0.717) is 17.1 Å². The van der Waals surface area contributed by atoms with E-state index in [1.807, 2.05) is 0 Å². The van der Waals surface area contributed by atoms with E-state index in [0.717, 1.165) is 6.08 Å². The number of amides is 2. The molecule has 1 aliphatic heterocycles. The smallest absolute Gasteiger partial charge is 0.354 e. The summed E-state index contributed by atoms with van der Waals surface area (Å²) in [4.78, 5) is 39.5. The van der Waals surface area contributed by atoms with E-state index in [4.69, 9.17) is 11.6 Å². The zero-order valence-electron chi connectivity index (χ0n) is 18.0. The molecule has 0 unspecified atom stereocenters. The van der Waals surface area contributed by atoms with Gasteiger partial charge < -0.3 is 10.2 Å². The number of hydrogen-bond acceptors (Lipinski definition) is 6. The van der Waals surface area contributed by atoms with Crippen molar-refractivity contribution in [3.63, 3.8) is 0 Å². The van der Waals surface area contributed by atoms with Gasteiger partial charge in [-0.2, -0.15) is 13.2 Å². The molecule has 1 saturated heterocycles. The number of carbonyl (C=O) groups excluding carboxylic acids is 2. The average Bonchev–Trinajstić information content (AvgIpc) is 2.76. The maximum Gasteiger partial charge on any atom is 0.401 e. The molecule has 3 rings (SSSR count). The maximum absolute atomic E-state index is 13.2. The topological polar surface area (TPSA) is 91.3 Å². The van der Waals surface area contributed by atoms with Gasteiger partial charge in [0.1, 0.15) is 16.7 Å². The normalized spacial score (nSPS) is 17.0. The van der Waals surface area contributed by atoms with Gasteiger partial charge in [0.05, 0.1) is 24.0 Å². The highest BCUT2D eigenvalue weighted by Gasteiger charge is 2.38. The van der Waals surface area contributed by atoms with Crippen molar-refractivity contribution in [2.75, 3.05) is 33.2 Å². The summed E-state index contributed by atoms with van der Waals surface area (Å²) in [5.74, 6) is -0.478. The number of aromatic nitrogens is 3. The van der Waals surface area contributed by atoms with Crippen LogP contribution in [0, 0.1) is 6.92 Å². The van der Waals surface area contributed by atoms with Crippen LogP contribution >= 0.6 is 11.6 Å². The summed E-state index contributed by atoms with van der Waals surface area (Å²) in [5, 5.41) is 2.52. The monoisotopic (exact) mass is 482 g/mol. The SMILES string of the molecule is C=CC(=O)N1CCN(CC(F)(F)F)[C@@H](c2cc(Cl)nc(-c3cc(C(=O)NC)nc(C)n3)c2)C1. The molecule has 0 radical (unpaired) electrons. The van der Waals surface area contributed by atoms with Gasteiger partial charge in [0, 0.05) is 26.7 Å². The third-order valence-electron chi connectivity index (χ3n) is 5.12. The molecule has 0 aliphatic carbocycles. The Hall–Kier alpha value is -3.05. The minimum atomic E-state index is -4.42. The van der Waals surface area contributed by atoms with E-state index in [-0.39, 0.29) is 42.1 Å². The Morgan fingerprint density at radius 3 is 2.55 bits per heavy atom. The van der Waals surface area contributed by atoms with E-state index in [1.54, 1.807) is 13.0 Å². The Labute approximate surface area is 193 Å². The highest BCUT2D eigenvalue weighted by Crippen LogP contribution is 2.32. The second kappa shape index (κ2) is 9.84. The molecule has 12 heteroatoms. The molecule has 1 atom stereocenters. The molecule has 0 spiro atoms. The molecule has 8 nitrogen and oxygen atoms in total. The van der Waals surface area contributed by atoms with E-state index in [2.05, 4.69) is 26.8 Å². The number of nitrogens with zero attached hydrogens (tertiary/aromatic N) is 5. The van der Waals surface area contributed by atoms with Crippen LogP contribution in [0.25, 0.3) is 11.4 Å². The molecule has 0 bridgehead atoms.